The number of rotatable bonds is 6. The molecular weight excluding hydrogens is 182 g/mol. The number of methoxy groups -OCH3 is 3. The van der Waals surface area contributed by atoms with Crippen LogP contribution >= 0.6 is 0 Å². The zero-order valence-corrected chi connectivity index (χ0v) is 9.36. The number of nitrogens with zero attached hydrogens (tertiary/aromatic N) is 1. The van der Waals surface area contributed by atoms with E-state index in [-0.39, 0.29) is 6.29 Å². The first-order valence-electron chi connectivity index (χ1n) is 5.07. The number of ether oxygens (including phenoxy) is 3. The van der Waals surface area contributed by atoms with Gasteiger partial charge < -0.3 is 14.2 Å². The van der Waals surface area contributed by atoms with Crippen molar-refractivity contribution in [2.45, 2.75) is 12.7 Å². The highest BCUT2D eigenvalue weighted by Crippen LogP contribution is 2.16. The normalized spacial score (nSPS) is 23.6. The molecule has 4 heteroatoms. The van der Waals surface area contributed by atoms with Crippen molar-refractivity contribution in [3.8, 4) is 0 Å². The van der Waals surface area contributed by atoms with Gasteiger partial charge in [0.05, 0.1) is 6.61 Å². The Labute approximate surface area is 86.1 Å². The van der Waals surface area contributed by atoms with Gasteiger partial charge in [-0.05, 0) is 18.9 Å². The van der Waals surface area contributed by atoms with E-state index in [1.807, 2.05) is 0 Å². The van der Waals surface area contributed by atoms with Crippen LogP contribution in [0.5, 0.6) is 0 Å². The summed E-state index contributed by atoms with van der Waals surface area (Å²) in [6, 6.07) is 0. The Bertz CT molecular complexity index is 150. The Kier molecular flexibility index (Phi) is 5.40. The Morgan fingerprint density at radius 1 is 1.29 bits per heavy atom. The fourth-order valence-electron chi connectivity index (χ4n) is 1.91. The van der Waals surface area contributed by atoms with Crippen LogP contribution in [-0.4, -0.2) is 58.8 Å². The molecule has 1 aliphatic heterocycles. The molecule has 0 aromatic rings. The summed E-state index contributed by atoms with van der Waals surface area (Å²) >= 11 is 0. The molecule has 4 nitrogen and oxygen atoms in total. The molecule has 0 aromatic heterocycles. The van der Waals surface area contributed by atoms with E-state index < -0.39 is 0 Å². The maximum atomic E-state index is 5.16. The zero-order valence-electron chi connectivity index (χ0n) is 9.36. The molecule has 1 aliphatic rings. The summed E-state index contributed by atoms with van der Waals surface area (Å²) in [5.74, 6) is 0.675. The Hall–Kier alpha value is -0.160. The van der Waals surface area contributed by atoms with Crippen LogP contribution in [0, 0.1) is 5.92 Å². The molecule has 0 saturated carbocycles. The number of likely N-dealkylation sites (tertiary alicyclic amines) is 1. The lowest BCUT2D eigenvalue weighted by atomic mass is 10.1. The van der Waals surface area contributed by atoms with E-state index in [1.165, 1.54) is 6.42 Å². The van der Waals surface area contributed by atoms with E-state index in [0.717, 1.165) is 26.2 Å². The molecule has 0 radical (unpaired) electrons. The van der Waals surface area contributed by atoms with Gasteiger partial charge in [-0.2, -0.15) is 0 Å². The molecule has 1 saturated heterocycles. The molecule has 1 fully saturated rings. The average molecular weight is 203 g/mol. The minimum absolute atomic E-state index is 0.101. The quantitative estimate of drug-likeness (QED) is 0.591. The molecule has 0 aliphatic carbocycles. The largest absolute Gasteiger partial charge is 0.384 e. The van der Waals surface area contributed by atoms with Crippen LogP contribution in [-0.2, 0) is 14.2 Å². The Balaban J connectivity index is 2.21. The molecular formula is C10H21NO3. The third-order valence-electron chi connectivity index (χ3n) is 2.71. The van der Waals surface area contributed by atoms with Crippen molar-refractivity contribution in [3.05, 3.63) is 0 Å². The molecule has 0 bridgehead atoms. The highest BCUT2D eigenvalue weighted by atomic mass is 16.7. The summed E-state index contributed by atoms with van der Waals surface area (Å²) in [4.78, 5) is 2.36. The Morgan fingerprint density at radius 2 is 2.00 bits per heavy atom. The lowest BCUT2D eigenvalue weighted by molar-refractivity contribution is -0.114. The first-order chi connectivity index (χ1) is 6.80. The number of hydrogen-bond acceptors (Lipinski definition) is 4. The molecule has 1 atom stereocenters. The topological polar surface area (TPSA) is 30.9 Å². The van der Waals surface area contributed by atoms with Crippen molar-refractivity contribution in [2.75, 3.05) is 47.6 Å². The predicted molar refractivity (Wildman–Crippen MR) is 54.2 cm³/mol. The smallest absolute Gasteiger partial charge is 0.169 e. The van der Waals surface area contributed by atoms with Gasteiger partial charge in [-0.15, -0.1) is 0 Å². The second kappa shape index (κ2) is 6.35. The average Bonchev–Trinajstić information content (AvgIpc) is 2.63. The van der Waals surface area contributed by atoms with Crippen LogP contribution in [0.15, 0.2) is 0 Å². The van der Waals surface area contributed by atoms with Crippen LogP contribution in [0.1, 0.15) is 6.42 Å². The monoisotopic (exact) mass is 203 g/mol. The van der Waals surface area contributed by atoms with Crippen LogP contribution in [0.4, 0.5) is 0 Å². The Morgan fingerprint density at radius 3 is 2.57 bits per heavy atom. The van der Waals surface area contributed by atoms with E-state index >= 15 is 0 Å². The summed E-state index contributed by atoms with van der Waals surface area (Å²) < 4.78 is 15.5. The summed E-state index contributed by atoms with van der Waals surface area (Å²) in [5.41, 5.74) is 0. The summed E-state index contributed by atoms with van der Waals surface area (Å²) in [6.45, 7) is 3.93. The van der Waals surface area contributed by atoms with Crippen molar-refractivity contribution in [1.82, 2.24) is 4.90 Å². The lowest BCUT2D eigenvalue weighted by Crippen LogP contribution is -2.33. The van der Waals surface area contributed by atoms with Gasteiger partial charge in [-0.1, -0.05) is 0 Å². The van der Waals surface area contributed by atoms with Crippen molar-refractivity contribution >= 4 is 0 Å². The summed E-state index contributed by atoms with van der Waals surface area (Å²) in [7, 11) is 5.11. The zero-order chi connectivity index (χ0) is 10.4. The lowest BCUT2D eigenvalue weighted by Gasteiger charge is -2.21. The van der Waals surface area contributed by atoms with Gasteiger partial charge in [0.25, 0.3) is 0 Å². The molecule has 1 heterocycles. The molecule has 0 spiro atoms. The van der Waals surface area contributed by atoms with E-state index in [4.69, 9.17) is 14.2 Å². The highest BCUT2D eigenvalue weighted by Gasteiger charge is 2.24. The first kappa shape index (κ1) is 11.9. The molecule has 84 valence electrons. The summed E-state index contributed by atoms with van der Waals surface area (Å²) in [5, 5.41) is 0. The maximum Gasteiger partial charge on any atom is 0.169 e. The number of hydrogen-bond donors (Lipinski definition) is 0. The van der Waals surface area contributed by atoms with Crippen LogP contribution < -0.4 is 0 Å². The second-order valence-corrected chi connectivity index (χ2v) is 3.77. The highest BCUT2D eigenvalue weighted by molar-refractivity contribution is 4.75. The predicted octanol–water partition coefficient (Wildman–Crippen LogP) is 0.574. The minimum atomic E-state index is -0.101. The van der Waals surface area contributed by atoms with Crippen molar-refractivity contribution in [3.63, 3.8) is 0 Å². The van der Waals surface area contributed by atoms with Crippen LogP contribution in [0.3, 0.4) is 0 Å². The molecule has 0 aromatic carbocycles. The van der Waals surface area contributed by atoms with Gasteiger partial charge in [0, 0.05) is 34.4 Å². The SMILES string of the molecule is COCC1CCN(CC(OC)OC)C1. The van der Waals surface area contributed by atoms with E-state index in [1.54, 1.807) is 21.3 Å². The van der Waals surface area contributed by atoms with Gasteiger partial charge in [-0.25, -0.2) is 0 Å². The van der Waals surface area contributed by atoms with Crippen molar-refractivity contribution in [1.29, 1.82) is 0 Å². The van der Waals surface area contributed by atoms with E-state index in [2.05, 4.69) is 4.90 Å². The fraction of sp³-hybridized carbons (Fsp3) is 1.00. The summed E-state index contributed by atoms with van der Waals surface area (Å²) in [6.07, 6.45) is 1.12. The molecule has 1 unspecified atom stereocenters. The van der Waals surface area contributed by atoms with Gasteiger partial charge in [0.2, 0.25) is 0 Å². The fourth-order valence-corrected chi connectivity index (χ4v) is 1.91. The minimum Gasteiger partial charge on any atom is -0.384 e. The van der Waals surface area contributed by atoms with Gasteiger partial charge in [0.15, 0.2) is 6.29 Å². The second-order valence-electron chi connectivity index (χ2n) is 3.77. The van der Waals surface area contributed by atoms with Crippen molar-refractivity contribution < 1.29 is 14.2 Å². The third-order valence-corrected chi connectivity index (χ3v) is 2.71. The van der Waals surface area contributed by atoms with E-state index in [9.17, 15) is 0 Å². The molecule has 1 rings (SSSR count). The van der Waals surface area contributed by atoms with Gasteiger partial charge >= 0.3 is 0 Å². The third kappa shape index (κ3) is 3.53. The van der Waals surface area contributed by atoms with Crippen LogP contribution in [0.25, 0.3) is 0 Å². The van der Waals surface area contributed by atoms with Gasteiger partial charge in [0.1, 0.15) is 0 Å². The van der Waals surface area contributed by atoms with E-state index in [0.29, 0.717) is 5.92 Å². The molecule has 14 heavy (non-hydrogen) atoms. The van der Waals surface area contributed by atoms with Crippen molar-refractivity contribution in [2.24, 2.45) is 5.92 Å². The maximum absolute atomic E-state index is 5.16. The van der Waals surface area contributed by atoms with Crippen LogP contribution in [0.2, 0.25) is 0 Å². The molecule has 0 amide bonds. The van der Waals surface area contributed by atoms with Gasteiger partial charge in [-0.3, -0.25) is 4.90 Å². The first-order valence-corrected chi connectivity index (χ1v) is 5.07. The standard InChI is InChI=1S/C10H21NO3/c1-12-8-9-4-5-11(6-9)7-10(13-2)14-3/h9-10H,4-8H2,1-3H3. The molecule has 0 N–H and O–H groups in total.